The molecule has 0 saturated carbocycles. The minimum atomic E-state index is 0.272. The lowest BCUT2D eigenvalue weighted by atomic mass is 9.97. The summed E-state index contributed by atoms with van der Waals surface area (Å²) in [7, 11) is 1.97. The highest BCUT2D eigenvalue weighted by molar-refractivity contribution is 5.34. The molecule has 0 heterocycles. The first-order valence-corrected chi connectivity index (χ1v) is 4.95. The monoisotopic (exact) mass is 189 g/mol. The van der Waals surface area contributed by atoms with Gasteiger partial charge in [-0.2, -0.15) is 0 Å². The van der Waals surface area contributed by atoms with Crippen LogP contribution in [0, 0.1) is 13.8 Å². The maximum Gasteiger partial charge on any atom is 0.0528 e. The third kappa shape index (κ3) is 2.46. The van der Waals surface area contributed by atoms with Crippen molar-refractivity contribution in [3.63, 3.8) is 0 Å². The molecule has 0 aliphatic carbocycles. The first kappa shape index (κ1) is 11.0. The van der Waals surface area contributed by atoms with Gasteiger partial charge in [0.1, 0.15) is 0 Å². The number of benzene rings is 1. The molecule has 0 spiro atoms. The molecule has 1 N–H and O–H groups in total. The highest BCUT2D eigenvalue weighted by Gasteiger charge is 2.09. The Morgan fingerprint density at radius 2 is 1.71 bits per heavy atom. The summed E-state index contributed by atoms with van der Waals surface area (Å²) in [6.07, 6.45) is 0. The van der Waals surface area contributed by atoms with E-state index in [0.717, 1.165) is 5.57 Å². The van der Waals surface area contributed by atoms with Gasteiger partial charge in [-0.25, -0.2) is 0 Å². The number of likely N-dealkylation sites (N-methyl/N-ethyl adjacent to an activating group) is 1. The fraction of sp³-hybridized carbons (Fsp3) is 0.385. The normalized spacial score (nSPS) is 12.6. The van der Waals surface area contributed by atoms with Crippen LogP contribution in [0.25, 0.3) is 0 Å². The smallest absolute Gasteiger partial charge is 0.0528 e. The Labute approximate surface area is 86.8 Å². The third-order valence-electron chi connectivity index (χ3n) is 2.36. The zero-order chi connectivity index (χ0) is 10.7. The van der Waals surface area contributed by atoms with Crippen LogP contribution in [0.5, 0.6) is 0 Å². The van der Waals surface area contributed by atoms with Crippen LogP contribution in [-0.4, -0.2) is 7.05 Å². The van der Waals surface area contributed by atoms with Crippen LogP contribution in [-0.2, 0) is 0 Å². The average molecular weight is 189 g/mol. The molecule has 0 fully saturated rings. The van der Waals surface area contributed by atoms with Gasteiger partial charge in [0, 0.05) is 0 Å². The Morgan fingerprint density at radius 1 is 1.21 bits per heavy atom. The Hall–Kier alpha value is -1.08. The van der Waals surface area contributed by atoms with Crippen molar-refractivity contribution in [1.82, 2.24) is 5.32 Å². The van der Waals surface area contributed by atoms with Gasteiger partial charge < -0.3 is 5.32 Å². The fourth-order valence-corrected chi connectivity index (χ4v) is 1.87. The van der Waals surface area contributed by atoms with Crippen molar-refractivity contribution < 1.29 is 0 Å². The molecule has 0 saturated heterocycles. The molecule has 14 heavy (non-hydrogen) atoms. The summed E-state index contributed by atoms with van der Waals surface area (Å²) < 4.78 is 0. The molecule has 1 heteroatoms. The van der Waals surface area contributed by atoms with E-state index in [0.29, 0.717) is 0 Å². The average Bonchev–Trinajstić information content (AvgIpc) is 2.02. The van der Waals surface area contributed by atoms with E-state index < -0.39 is 0 Å². The van der Waals surface area contributed by atoms with E-state index in [1.165, 1.54) is 16.7 Å². The third-order valence-corrected chi connectivity index (χ3v) is 2.36. The van der Waals surface area contributed by atoms with Crippen molar-refractivity contribution in [1.29, 1.82) is 0 Å². The maximum atomic E-state index is 4.00. The minimum absolute atomic E-state index is 0.272. The van der Waals surface area contributed by atoms with Gasteiger partial charge in [0.25, 0.3) is 0 Å². The zero-order valence-corrected chi connectivity index (χ0v) is 9.52. The Balaban J connectivity index is 3.10. The van der Waals surface area contributed by atoms with E-state index in [1.54, 1.807) is 0 Å². The largest absolute Gasteiger partial charge is 0.310 e. The van der Waals surface area contributed by atoms with Gasteiger partial charge in [0.15, 0.2) is 0 Å². The lowest BCUT2D eigenvalue weighted by Gasteiger charge is -2.17. The van der Waals surface area contributed by atoms with Gasteiger partial charge >= 0.3 is 0 Å². The van der Waals surface area contributed by atoms with Gasteiger partial charge in [-0.3, -0.25) is 0 Å². The molecule has 0 amide bonds. The van der Waals surface area contributed by atoms with Crippen molar-refractivity contribution in [2.45, 2.75) is 26.8 Å². The number of nitrogens with one attached hydrogen (secondary N) is 1. The summed E-state index contributed by atoms with van der Waals surface area (Å²) in [5.74, 6) is 0. The lowest BCUT2D eigenvalue weighted by Crippen LogP contribution is -2.17. The van der Waals surface area contributed by atoms with E-state index in [2.05, 4.69) is 50.9 Å². The van der Waals surface area contributed by atoms with Gasteiger partial charge in [-0.15, -0.1) is 0 Å². The number of hydrogen-bond donors (Lipinski definition) is 1. The number of rotatable bonds is 3. The van der Waals surface area contributed by atoms with Crippen LogP contribution in [0.1, 0.15) is 29.7 Å². The highest BCUT2D eigenvalue weighted by Crippen LogP contribution is 2.21. The van der Waals surface area contributed by atoms with Crippen molar-refractivity contribution in [2.75, 3.05) is 7.05 Å². The lowest BCUT2D eigenvalue weighted by molar-refractivity contribution is 0.679. The molecule has 0 aromatic heterocycles. The van der Waals surface area contributed by atoms with Crippen molar-refractivity contribution in [3.8, 4) is 0 Å². The topological polar surface area (TPSA) is 12.0 Å². The molecule has 1 aromatic carbocycles. The minimum Gasteiger partial charge on any atom is -0.310 e. The van der Waals surface area contributed by atoms with Crippen molar-refractivity contribution in [2.24, 2.45) is 0 Å². The molecule has 1 nitrogen and oxygen atoms in total. The molecule has 1 atom stereocenters. The second-order valence-electron chi connectivity index (χ2n) is 3.99. The van der Waals surface area contributed by atoms with Gasteiger partial charge in [-0.1, -0.05) is 41.5 Å². The molecule has 76 valence electrons. The van der Waals surface area contributed by atoms with E-state index >= 15 is 0 Å². The molecule has 1 unspecified atom stereocenters. The highest BCUT2D eigenvalue weighted by atomic mass is 14.9. The molecule has 0 aliphatic heterocycles. The predicted octanol–water partition coefficient (Wildman–Crippen LogP) is 3.14. The van der Waals surface area contributed by atoms with Crippen LogP contribution < -0.4 is 5.32 Å². The predicted molar refractivity (Wildman–Crippen MR) is 62.5 cm³/mol. The SMILES string of the molecule is C=C(C)C(NC)c1cc(C)cc(C)c1. The van der Waals surface area contributed by atoms with Crippen LogP contribution >= 0.6 is 0 Å². The molecular weight excluding hydrogens is 170 g/mol. The summed E-state index contributed by atoms with van der Waals surface area (Å²) in [4.78, 5) is 0. The standard InChI is InChI=1S/C13H19N/c1-9(2)13(14-5)12-7-10(3)6-11(4)8-12/h6-8,13-14H,1H2,2-5H3. The van der Waals surface area contributed by atoms with Gasteiger partial charge in [-0.05, 0) is 33.4 Å². The number of aryl methyl sites for hydroxylation is 2. The molecule has 0 aliphatic rings. The quantitative estimate of drug-likeness (QED) is 0.720. The second kappa shape index (κ2) is 4.43. The molecule has 0 bridgehead atoms. The Bertz CT molecular complexity index is 319. The summed E-state index contributed by atoms with van der Waals surface area (Å²) >= 11 is 0. The van der Waals surface area contributed by atoms with Crippen LogP contribution in [0.3, 0.4) is 0 Å². The zero-order valence-electron chi connectivity index (χ0n) is 9.52. The summed E-state index contributed by atoms with van der Waals surface area (Å²) in [6, 6.07) is 6.88. The summed E-state index contributed by atoms with van der Waals surface area (Å²) in [6.45, 7) is 10.3. The van der Waals surface area contributed by atoms with E-state index in [1.807, 2.05) is 7.05 Å². The second-order valence-corrected chi connectivity index (χ2v) is 3.99. The fourth-order valence-electron chi connectivity index (χ4n) is 1.87. The number of hydrogen-bond acceptors (Lipinski definition) is 1. The summed E-state index contributed by atoms with van der Waals surface area (Å²) in [5, 5.41) is 3.27. The molecular formula is C13H19N. The van der Waals surface area contributed by atoms with Crippen LogP contribution in [0.4, 0.5) is 0 Å². The first-order chi connectivity index (χ1) is 6.54. The molecule has 1 rings (SSSR count). The molecule has 1 aromatic rings. The van der Waals surface area contributed by atoms with Crippen LogP contribution in [0.15, 0.2) is 30.4 Å². The summed E-state index contributed by atoms with van der Waals surface area (Å²) in [5.41, 5.74) is 5.07. The maximum absolute atomic E-state index is 4.00. The van der Waals surface area contributed by atoms with E-state index in [-0.39, 0.29) is 6.04 Å². The van der Waals surface area contributed by atoms with Crippen molar-refractivity contribution >= 4 is 0 Å². The van der Waals surface area contributed by atoms with Crippen molar-refractivity contribution in [3.05, 3.63) is 47.0 Å². The molecule has 0 radical (unpaired) electrons. The Morgan fingerprint density at radius 3 is 2.07 bits per heavy atom. The van der Waals surface area contributed by atoms with E-state index in [9.17, 15) is 0 Å². The first-order valence-electron chi connectivity index (χ1n) is 4.95. The van der Waals surface area contributed by atoms with E-state index in [4.69, 9.17) is 0 Å². The van der Waals surface area contributed by atoms with Crippen LogP contribution in [0.2, 0.25) is 0 Å². The van der Waals surface area contributed by atoms with Gasteiger partial charge in [0.05, 0.1) is 6.04 Å². The Kier molecular flexibility index (Phi) is 3.48. The van der Waals surface area contributed by atoms with Gasteiger partial charge in [0.2, 0.25) is 0 Å².